The zero-order valence-corrected chi connectivity index (χ0v) is 9.89. The topological polar surface area (TPSA) is 40.9 Å². The molecule has 0 aliphatic heterocycles. The van der Waals surface area contributed by atoms with E-state index >= 15 is 0 Å². The third kappa shape index (κ3) is 5.48. The van der Waals surface area contributed by atoms with Gasteiger partial charge in [-0.3, -0.25) is 0 Å². The summed E-state index contributed by atoms with van der Waals surface area (Å²) in [5.41, 5.74) is 1.96. The number of nitriles is 1. The average molecular weight is 225 g/mol. The third-order valence-electron chi connectivity index (χ3n) is 2.31. The number of rotatable bonds is 5. The van der Waals surface area contributed by atoms with Crippen molar-refractivity contribution in [2.45, 2.75) is 19.8 Å². The molecule has 0 unspecified atom stereocenters. The van der Waals surface area contributed by atoms with E-state index in [0.29, 0.717) is 12.8 Å². The SMILES string of the molecule is CC(=O)CCC(C=Cc1ccccc1)=CC#N. The molecule has 0 bridgehead atoms. The lowest BCUT2D eigenvalue weighted by Gasteiger charge is -1.98. The first-order chi connectivity index (χ1) is 8.22. The van der Waals surface area contributed by atoms with Crippen LogP contribution in [0, 0.1) is 11.3 Å². The largest absolute Gasteiger partial charge is 0.300 e. The standard InChI is InChI=1S/C15H15NO/c1-13(17)7-8-15(11-12-16)10-9-14-5-3-2-4-6-14/h2-6,9-11H,7-8H2,1H3. The number of hydrogen-bond donors (Lipinski definition) is 0. The predicted molar refractivity (Wildman–Crippen MR) is 69.1 cm³/mol. The fraction of sp³-hybridized carbons (Fsp3) is 0.200. The zero-order chi connectivity index (χ0) is 12.5. The zero-order valence-electron chi connectivity index (χ0n) is 9.89. The van der Waals surface area contributed by atoms with Crippen LogP contribution in [-0.4, -0.2) is 5.78 Å². The van der Waals surface area contributed by atoms with Gasteiger partial charge in [-0.25, -0.2) is 0 Å². The van der Waals surface area contributed by atoms with Crippen LogP contribution >= 0.6 is 0 Å². The number of benzene rings is 1. The summed E-state index contributed by atoms with van der Waals surface area (Å²) in [5, 5.41) is 8.65. The highest BCUT2D eigenvalue weighted by Gasteiger charge is 1.97. The molecule has 17 heavy (non-hydrogen) atoms. The van der Waals surface area contributed by atoms with Gasteiger partial charge in [-0.15, -0.1) is 0 Å². The Morgan fingerprint density at radius 3 is 2.59 bits per heavy atom. The van der Waals surface area contributed by atoms with Crippen molar-refractivity contribution in [1.82, 2.24) is 0 Å². The molecule has 0 fully saturated rings. The second kappa shape index (κ2) is 7.19. The Morgan fingerprint density at radius 2 is 2.00 bits per heavy atom. The number of ketones is 1. The van der Waals surface area contributed by atoms with Gasteiger partial charge in [-0.2, -0.15) is 5.26 Å². The predicted octanol–water partition coefficient (Wildman–Crippen LogP) is 3.52. The highest BCUT2D eigenvalue weighted by molar-refractivity contribution is 5.75. The number of allylic oxidation sites excluding steroid dienone is 3. The molecular formula is C15H15NO. The summed E-state index contributed by atoms with van der Waals surface area (Å²) in [7, 11) is 0. The van der Waals surface area contributed by atoms with Crippen LogP contribution in [0.25, 0.3) is 6.08 Å². The first-order valence-electron chi connectivity index (χ1n) is 5.53. The molecule has 0 atom stereocenters. The van der Waals surface area contributed by atoms with E-state index in [1.807, 2.05) is 48.6 Å². The monoisotopic (exact) mass is 225 g/mol. The Kier molecular flexibility index (Phi) is 5.46. The van der Waals surface area contributed by atoms with E-state index in [9.17, 15) is 4.79 Å². The molecule has 0 aromatic heterocycles. The Bertz CT molecular complexity index is 463. The van der Waals surface area contributed by atoms with Crippen molar-refractivity contribution in [2.75, 3.05) is 0 Å². The van der Waals surface area contributed by atoms with Gasteiger partial charge < -0.3 is 4.79 Å². The number of Topliss-reactive ketones (excluding diaryl/α,β-unsaturated/α-hetero) is 1. The molecular weight excluding hydrogens is 210 g/mol. The van der Waals surface area contributed by atoms with Gasteiger partial charge in [-0.05, 0) is 24.5 Å². The summed E-state index contributed by atoms with van der Waals surface area (Å²) in [4.78, 5) is 10.9. The van der Waals surface area contributed by atoms with Gasteiger partial charge in [-0.1, -0.05) is 42.5 Å². The molecule has 1 aromatic carbocycles. The normalized spacial score (nSPS) is 11.4. The highest BCUT2D eigenvalue weighted by atomic mass is 16.1. The van der Waals surface area contributed by atoms with Crippen LogP contribution in [0.4, 0.5) is 0 Å². The Balaban J connectivity index is 2.68. The van der Waals surface area contributed by atoms with Crippen molar-refractivity contribution in [1.29, 1.82) is 5.26 Å². The minimum atomic E-state index is 0.141. The molecule has 0 amide bonds. The summed E-state index contributed by atoms with van der Waals surface area (Å²) < 4.78 is 0. The number of carbonyl (C=O) groups is 1. The van der Waals surface area contributed by atoms with Crippen molar-refractivity contribution >= 4 is 11.9 Å². The average Bonchev–Trinajstić information content (AvgIpc) is 2.34. The van der Waals surface area contributed by atoms with Gasteiger partial charge in [0.05, 0.1) is 6.07 Å². The van der Waals surface area contributed by atoms with Crippen LogP contribution < -0.4 is 0 Å². The van der Waals surface area contributed by atoms with Gasteiger partial charge in [0.25, 0.3) is 0 Å². The molecule has 86 valence electrons. The lowest BCUT2D eigenvalue weighted by molar-refractivity contribution is -0.116. The molecule has 0 spiro atoms. The van der Waals surface area contributed by atoms with Crippen LogP contribution in [0.5, 0.6) is 0 Å². The van der Waals surface area contributed by atoms with Crippen molar-refractivity contribution < 1.29 is 4.79 Å². The molecule has 0 saturated heterocycles. The smallest absolute Gasteiger partial charge is 0.130 e. The first kappa shape index (κ1) is 12.9. The molecule has 1 aromatic rings. The van der Waals surface area contributed by atoms with Crippen LogP contribution in [0.2, 0.25) is 0 Å². The summed E-state index contributed by atoms with van der Waals surface area (Å²) in [5.74, 6) is 0.141. The molecule has 0 aliphatic rings. The van der Waals surface area contributed by atoms with E-state index in [1.165, 1.54) is 6.08 Å². The molecule has 2 nitrogen and oxygen atoms in total. The van der Waals surface area contributed by atoms with Crippen LogP contribution in [0.3, 0.4) is 0 Å². The van der Waals surface area contributed by atoms with Crippen molar-refractivity contribution in [3.05, 3.63) is 53.6 Å². The molecule has 1 rings (SSSR count). The van der Waals surface area contributed by atoms with E-state index in [4.69, 9.17) is 5.26 Å². The maximum absolute atomic E-state index is 10.9. The van der Waals surface area contributed by atoms with Gasteiger partial charge >= 0.3 is 0 Å². The second-order valence-corrected chi connectivity index (χ2v) is 3.79. The minimum absolute atomic E-state index is 0.141. The lowest BCUT2D eigenvalue weighted by Crippen LogP contribution is -1.90. The number of carbonyl (C=O) groups excluding carboxylic acids is 1. The van der Waals surface area contributed by atoms with E-state index in [1.54, 1.807) is 6.92 Å². The lowest BCUT2D eigenvalue weighted by atomic mass is 10.1. The van der Waals surface area contributed by atoms with Crippen molar-refractivity contribution in [3.8, 4) is 6.07 Å². The maximum Gasteiger partial charge on any atom is 0.130 e. The Hall–Kier alpha value is -2.14. The Labute approximate surface area is 102 Å². The molecule has 0 aliphatic carbocycles. The molecule has 2 heteroatoms. The number of hydrogen-bond acceptors (Lipinski definition) is 2. The van der Waals surface area contributed by atoms with Crippen molar-refractivity contribution in [3.63, 3.8) is 0 Å². The van der Waals surface area contributed by atoms with Gasteiger partial charge in [0.2, 0.25) is 0 Å². The van der Waals surface area contributed by atoms with Gasteiger partial charge in [0, 0.05) is 12.5 Å². The quantitative estimate of drug-likeness (QED) is 0.568. The fourth-order valence-electron chi connectivity index (χ4n) is 1.37. The van der Waals surface area contributed by atoms with E-state index in [-0.39, 0.29) is 5.78 Å². The van der Waals surface area contributed by atoms with E-state index < -0.39 is 0 Å². The van der Waals surface area contributed by atoms with Gasteiger partial charge in [0.1, 0.15) is 5.78 Å². The minimum Gasteiger partial charge on any atom is -0.300 e. The summed E-state index contributed by atoms with van der Waals surface area (Å²) in [6, 6.07) is 11.9. The van der Waals surface area contributed by atoms with Crippen LogP contribution in [0.15, 0.2) is 48.1 Å². The van der Waals surface area contributed by atoms with Crippen LogP contribution in [-0.2, 0) is 4.79 Å². The molecule has 0 N–H and O–H groups in total. The second-order valence-electron chi connectivity index (χ2n) is 3.79. The van der Waals surface area contributed by atoms with Crippen LogP contribution in [0.1, 0.15) is 25.3 Å². The van der Waals surface area contributed by atoms with Crippen molar-refractivity contribution in [2.24, 2.45) is 0 Å². The third-order valence-corrected chi connectivity index (χ3v) is 2.31. The molecule has 0 radical (unpaired) electrons. The number of nitrogens with zero attached hydrogens (tertiary/aromatic N) is 1. The highest BCUT2D eigenvalue weighted by Crippen LogP contribution is 2.10. The molecule has 0 saturated carbocycles. The maximum atomic E-state index is 10.9. The van der Waals surface area contributed by atoms with E-state index in [0.717, 1.165) is 11.1 Å². The molecule has 0 heterocycles. The summed E-state index contributed by atoms with van der Waals surface area (Å²) in [6.07, 6.45) is 6.42. The summed E-state index contributed by atoms with van der Waals surface area (Å²) in [6.45, 7) is 1.56. The van der Waals surface area contributed by atoms with E-state index in [2.05, 4.69) is 0 Å². The van der Waals surface area contributed by atoms with Gasteiger partial charge in [0.15, 0.2) is 0 Å². The fourth-order valence-corrected chi connectivity index (χ4v) is 1.37. The Morgan fingerprint density at radius 1 is 1.29 bits per heavy atom. The summed E-state index contributed by atoms with van der Waals surface area (Å²) >= 11 is 0. The first-order valence-corrected chi connectivity index (χ1v) is 5.53.